The smallest absolute Gasteiger partial charge is 0.230 e. The molecule has 1 saturated heterocycles. The lowest BCUT2D eigenvalue weighted by molar-refractivity contribution is -0.120. The molecule has 26 heavy (non-hydrogen) atoms. The summed E-state index contributed by atoms with van der Waals surface area (Å²) in [4.78, 5) is 12.5. The van der Waals surface area contributed by atoms with E-state index in [1.54, 1.807) is 19.1 Å². The van der Waals surface area contributed by atoms with Gasteiger partial charge in [0.05, 0.1) is 11.7 Å². The molecule has 0 spiro atoms. The molecule has 1 aliphatic rings. The van der Waals surface area contributed by atoms with Gasteiger partial charge in [0, 0.05) is 23.7 Å². The number of amides is 1. The number of carbonyl (C=O) groups excluding carboxylic acids is 1. The minimum Gasteiger partial charge on any atom is -0.300 e. The van der Waals surface area contributed by atoms with Crippen LogP contribution in [0.15, 0.2) is 24.3 Å². The number of sulfonamides is 1. The van der Waals surface area contributed by atoms with Gasteiger partial charge in [0.2, 0.25) is 21.1 Å². The number of aromatic nitrogens is 2. The molecule has 2 heterocycles. The van der Waals surface area contributed by atoms with Crippen molar-refractivity contribution in [2.75, 3.05) is 24.2 Å². The van der Waals surface area contributed by atoms with Gasteiger partial charge in [0.1, 0.15) is 5.01 Å². The molecule has 10 heteroatoms. The molecule has 1 amide bonds. The zero-order valence-electron chi connectivity index (χ0n) is 14.2. The summed E-state index contributed by atoms with van der Waals surface area (Å²) in [6.45, 7) is 2.29. The van der Waals surface area contributed by atoms with Crippen molar-refractivity contribution >= 4 is 44.0 Å². The van der Waals surface area contributed by atoms with Crippen LogP contribution < -0.4 is 5.32 Å². The average Bonchev–Trinajstić information content (AvgIpc) is 3.11. The summed E-state index contributed by atoms with van der Waals surface area (Å²) in [5, 5.41) is 12.6. The summed E-state index contributed by atoms with van der Waals surface area (Å²) in [7, 11) is -3.28. The van der Waals surface area contributed by atoms with Crippen molar-refractivity contribution in [2.45, 2.75) is 19.8 Å². The molecule has 1 aromatic heterocycles. The second kappa shape index (κ2) is 7.99. The Balaban J connectivity index is 1.66. The number of nitrogens with one attached hydrogen (secondary N) is 1. The van der Waals surface area contributed by atoms with Gasteiger partial charge in [0.15, 0.2) is 0 Å². The van der Waals surface area contributed by atoms with Crippen LogP contribution >= 0.6 is 22.9 Å². The Morgan fingerprint density at radius 3 is 2.77 bits per heavy atom. The van der Waals surface area contributed by atoms with Crippen molar-refractivity contribution in [3.05, 3.63) is 29.3 Å². The topological polar surface area (TPSA) is 92.3 Å². The van der Waals surface area contributed by atoms with Crippen LogP contribution in [-0.2, 0) is 14.8 Å². The van der Waals surface area contributed by atoms with E-state index in [1.807, 2.05) is 12.1 Å². The molecule has 0 radical (unpaired) electrons. The highest BCUT2D eigenvalue weighted by Gasteiger charge is 2.31. The van der Waals surface area contributed by atoms with E-state index < -0.39 is 10.0 Å². The molecule has 0 aliphatic carbocycles. The fourth-order valence-electron chi connectivity index (χ4n) is 2.78. The number of hydrogen-bond donors (Lipinski definition) is 1. The first kappa shape index (κ1) is 19.2. The van der Waals surface area contributed by atoms with Gasteiger partial charge in [-0.25, -0.2) is 12.7 Å². The van der Waals surface area contributed by atoms with Crippen molar-refractivity contribution in [1.82, 2.24) is 14.5 Å². The average molecular weight is 415 g/mol. The third-order valence-corrected chi connectivity index (χ3v) is 7.25. The van der Waals surface area contributed by atoms with Crippen molar-refractivity contribution in [2.24, 2.45) is 5.92 Å². The Morgan fingerprint density at radius 1 is 1.35 bits per heavy atom. The molecule has 2 aromatic rings. The fraction of sp³-hybridized carbons (Fsp3) is 0.438. The van der Waals surface area contributed by atoms with Gasteiger partial charge < -0.3 is 5.32 Å². The number of nitrogens with zero attached hydrogens (tertiary/aromatic N) is 3. The molecule has 1 N–H and O–H groups in total. The maximum Gasteiger partial charge on any atom is 0.230 e. The van der Waals surface area contributed by atoms with Gasteiger partial charge in [0.25, 0.3) is 0 Å². The standard InChI is InChI=1S/C16H19ClN4O3S2/c1-2-26(23,24)21-9-3-4-12(10-21)14(22)18-16-20-19-15(25-16)11-5-7-13(17)8-6-11/h5-8,12H,2-4,9-10H2,1H3,(H,18,20,22)/t12-/m1/s1. The van der Waals surface area contributed by atoms with Gasteiger partial charge in [-0.05, 0) is 31.9 Å². The predicted molar refractivity (Wildman–Crippen MR) is 103 cm³/mol. The highest BCUT2D eigenvalue weighted by molar-refractivity contribution is 7.89. The lowest BCUT2D eigenvalue weighted by atomic mass is 9.99. The van der Waals surface area contributed by atoms with E-state index in [-0.39, 0.29) is 24.1 Å². The Morgan fingerprint density at radius 2 is 2.08 bits per heavy atom. The Kier molecular flexibility index (Phi) is 5.91. The number of anilines is 1. The number of hydrogen-bond acceptors (Lipinski definition) is 6. The molecular weight excluding hydrogens is 396 g/mol. The minimum atomic E-state index is -3.28. The summed E-state index contributed by atoms with van der Waals surface area (Å²) in [6, 6.07) is 7.20. The molecule has 7 nitrogen and oxygen atoms in total. The van der Waals surface area contributed by atoms with Gasteiger partial charge in [-0.15, -0.1) is 10.2 Å². The molecule has 1 fully saturated rings. The second-order valence-electron chi connectivity index (χ2n) is 6.01. The summed E-state index contributed by atoms with van der Waals surface area (Å²) >= 11 is 7.14. The number of carbonyl (C=O) groups is 1. The monoisotopic (exact) mass is 414 g/mol. The van der Waals surface area contributed by atoms with Crippen LogP contribution in [0.3, 0.4) is 0 Å². The largest absolute Gasteiger partial charge is 0.300 e. The Labute approximate surface area is 161 Å². The first-order valence-electron chi connectivity index (χ1n) is 8.27. The highest BCUT2D eigenvalue weighted by atomic mass is 35.5. The SMILES string of the molecule is CCS(=O)(=O)N1CCC[C@@H](C(=O)Nc2nnc(-c3ccc(Cl)cc3)s2)C1. The normalized spacial score (nSPS) is 18.6. The summed E-state index contributed by atoms with van der Waals surface area (Å²) in [5.41, 5.74) is 0.866. The van der Waals surface area contributed by atoms with E-state index in [1.165, 1.54) is 15.6 Å². The second-order valence-corrected chi connectivity index (χ2v) is 9.68. The highest BCUT2D eigenvalue weighted by Crippen LogP contribution is 2.28. The van der Waals surface area contributed by atoms with Gasteiger partial charge in [-0.1, -0.05) is 35.1 Å². The maximum absolute atomic E-state index is 12.5. The van der Waals surface area contributed by atoms with E-state index in [2.05, 4.69) is 15.5 Å². The van der Waals surface area contributed by atoms with E-state index in [0.29, 0.717) is 34.5 Å². The zero-order chi connectivity index (χ0) is 18.7. The van der Waals surface area contributed by atoms with Crippen LogP contribution in [-0.4, -0.2) is 47.7 Å². The van der Waals surface area contributed by atoms with Crippen molar-refractivity contribution in [3.8, 4) is 10.6 Å². The van der Waals surface area contributed by atoms with Crippen LogP contribution in [0.25, 0.3) is 10.6 Å². The molecule has 0 saturated carbocycles. The number of rotatable bonds is 5. The first-order chi connectivity index (χ1) is 12.4. The van der Waals surface area contributed by atoms with Crippen LogP contribution in [0.1, 0.15) is 19.8 Å². The summed E-state index contributed by atoms with van der Waals surface area (Å²) in [6.07, 6.45) is 1.33. The molecule has 3 rings (SSSR count). The van der Waals surface area contributed by atoms with Crippen molar-refractivity contribution in [1.29, 1.82) is 0 Å². The lowest BCUT2D eigenvalue weighted by Gasteiger charge is -2.30. The molecule has 1 aromatic carbocycles. The molecular formula is C16H19ClN4O3S2. The van der Waals surface area contributed by atoms with Crippen LogP contribution in [0.5, 0.6) is 0 Å². The third-order valence-electron chi connectivity index (χ3n) is 4.26. The third kappa shape index (κ3) is 4.40. The van der Waals surface area contributed by atoms with Gasteiger partial charge >= 0.3 is 0 Å². The Hall–Kier alpha value is -1.55. The van der Waals surface area contributed by atoms with Crippen molar-refractivity contribution in [3.63, 3.8) is 0 Å². The van der Waals surface area contributed by atoms with E-state index in [4.69, 9.17) is 11.6 Å². The number of benzene rings is 1. The molecule has 140 valence electrons. The van der Waals surface area contributed by atoms with E-state index in [9.17, 15) is 13.2 Å². The maximum atomic E-state index is 12.5. The fourth-order valence-corrected chi connectivity index (χ4v) is 4.84. The molecule has 0 bridgehead atoms. The lowest BCUT2D eigenvalue weighted by Crippen LogP contribution is -2.44. The zero-order valence-corrected chi connectivity index (χ0v) is 16.6. The van der Waals surface area contributed by atoms with E-state index in [0.717, 1.165) is 5.56 Å². The van der Waals surface area contributed by atoms with Crippen LogP contribution in [0.4, 0.5) is 5.13 Å². The summed E-state index contributed by atoms with van der Waals surface area (Å²) in [5.74, 6) is -0.560. The van der Waals surface area contributed by atoms with Gasteiger partial charge in [-0.2, -0.15) is 0 Å². The molecule has 1 atom stereocenters. The first-order valence-corrected chi connectivity index (χ1v) is 11.1. The number of halogens is 1. The van der Waals surface area contributed by atoms with Gasteiger partial charge in [-0.3, -0.25) is 4.79 Å². The van der Waals surface area contributed by atoms with Crippen molar-refractivity contribution < 1.29 is 13.2 Å². The minimum absolute atomic E-state index is 0.0438. The Bertz CT molecular complexity index is 883. The number of piperidine rings is 1. The quantitative estimate of drug-likeness (QED) is 0.812. The summed E-state index contributed by atoms with van der Waals surface area (Å²) < 4.78 is 25.5. The molecule has 0 unspecified atom stereocenters. The van der Waals surface area contributed by atoms with E-state index >= 15 is 0 Å². The van der Waals surface area contributed by atoms with Crippen LogP contribution in [0.2, 0.25) is 5.02 Å². The molecule has 1 aliphatic heterocycles. The van der Waals surface area contributed by atoms with Crippen LogP contribution in [0, 0.1) is 5.92 Å². The predicted octanol–water partition coefficient (Wildman–Crippen LogP) is 2.86.